The quantitative estimate of drug-likeness (QED) is 0.846. The molecule has 0 saturated carbocycles. The van der Waals surface area contributed by atoms with Crippen LogP contribution in [0.5, 0.6) is 0 Å². The van der Waals surface area contributed by atoms with Gasteiger partial charge in [0, 0.05) is 11.8 Å². The van der Waals surface area contributed by atoms with Gasteiger partial charge in [-0.25, -0.2) is 0 Å². The third-order valence-electron chi connectivity index (χ3n) is 2.57. The summed E-state index contributed by atoms with van der Waals surface area (Å²) in [4.78, 5) is 0. The number of hydrogen-bond donors (Lipinski definition) is 1. The molecule has 1 heterocycles. The summed E-state index contributed by atoms with van der Waals surface area (Å²) in [6, 6.07) is 14.5. The number of benzene rings is 1. The van der Waals surface area contributed by atoms with E-state index in [-0.39, 0.29) is 0 Å². The highest BCUT2D eigenvalue weighted by Gasteiger charge is 2.11. The van der Waals surface area contributed by atoms with Crippen LogP contribution in [0.25, 0.3) is 0 Å². The maximum Gasteiger partial charge on any atom is 0.113 e. The maximum absolute atomic E-state index is 5.36. The van der Waals surface area contributed by atoms with Gasteiger partial charge in [0.15, 0.2) is 0 Å². The number of thioether (sulfide) groups is 1. The number of likely N-dealkylation sites (N-methyl/N-ethyl adjacent to an activating group) is 1. The summed E-state index contributed by atoms with van der Waals surface area (Å²) < 4.78 is 5.36. The van der Waals surface area contributed by atoms with Gasteiger partial charge in [-0.3, -0.25) is 0 Å². The van der Waals surface area contributed by atoms with Crippen molar-refractivity contribution in [3.8, 4) is 0 Å². The lowest BCUT2D eigenvalue weighted by Crippen LogP contribution is -2.15. The zero-order valence-electron chi connectivity index (χ0n) is 9.93. The summed E-state index contributed by atoms with van der Waals surface area (Å²) in [6.07, 6.45) is 1.73. The van der Waals surface area contributed by atoms with Crippen LogP contribution in [-0.4, -0.2) is 13.6 Å². The second-order valence-electron chi connectivity index (χ2n) is 3.85. The molecule has 0 bridgehead atoms. The lowest BCUT2D eigenvalue weighted by molar-refractivity contribution is 0.530. The molecule has 1 N–H and O–H groups in total. The highest BCUT2D eigenvalue weighted by atomic mass is 32.2. The normalized spacial score (nSPS) is 12.5. The van der Waals surface area contributed by atoms with E-state index in [0.717, 1.165) is 18.1 Å². The van der Waals surface area contributed by atoms with Crippen molar-refractivity contribution in [2.45, 2.75) is 11.0 Å². The summed E-state index contributed by atoms with van der Waals surface area (Å²) in [5, 5.41) is 3.71. The molecule has 2 nitrogen and oxygen atoms in total. The van der Waals surface area contributed by atoms with Crippen molar-refractivity contribution >= 4 is 11.8 Å². The molecule has 17 heavy (non-hydrogen) atoms. The first-order valence-electron chi connectivity index (χ1n) is 5.73. The Hall–Kier alpha value is -1.19. The van der Waals surface area contributed by atoms with Crippen LogP contribution in [0.15, 0.2) is 53.1 Å². The fourth-order valence-corrected chi connectivity index (χ4v) is 2.87. The van der Waals surface area contributed by atoms with Crippen molar-refractivity contribution in [3.63, 3.8) is 0 Å². The van der Waals surface area contributed by atoms with Gasteiger partial charge in [-0.15, -0.1) is 11.8 Å². The smallest absolute Gasteiger partial charge is 0.113 e. The third-order valence-corrected chi connectivity index (χ3v) is 3.86. The van der Waals surface area contributed by atoms with Crippen molar-refractivity contribution < 1.29 is 4.42 Å². The Morgan fingerprint density at radius 2 is 2.00 bits per heavy atom. The van der Waals surface area contributed by atoms with E-state index in [2.05, 4.69) is 35.6 Å². The van der Waals surface area contributed by atoms with E-state index in [9.17, 15) is 0 Å². The van der Waals surface area contributed by atoms with Gasteiger partial charge in [-0.05, 0) is 24.7 Å². The molecule has 0 spiro atoms. The summed E-state index contributed by atoms with van der Waals surface area (Å²) in [6.45, 7) is 0.968. The van der Waals surface area contributed by atoms with E-state index in [1.807, 2.05) is 30.9 Å². The van der Waals surface area contributed by atoms with E-state index in [0.29, 0.717) is 5.25 Å². The van der Waals surface area contributed by atoms with Gasteiger partial charge < -0.3 is 9.73 Å². The molecule has 0 aliphatic heterocycles. The first-order chi connectivity index (χ1) is 8.40. The van der Waals surface area contributed by atoms with Crippen molar-refractivity contribution in [2.24, 2.45) is 0 Å². The van der Waals surface area contributed by atoms with Crippen molar-refractivity contribution in [1.29, 1.82) is 0 Å². The number of hydrogen-bond acceptors (Lipinski definition) is 3. The van der Waals surface area contributed by atoms with Gasteiger partial charge in [-0.2, -0.15) is 0 Å². The first-order valence-corrected chi connectivity index (χ1v) is 6.78. The molecule has 0 saturated heterocycles. The van der Waals surface area contributed by atoms with E-state index >= 15 is 0 Å². The van der Waals surface area contributed by atoms with Crippen LogP contribution >= 0.6 is 11.8 Å². The summed E-state index contributed by atoms with van der Waals surface area (Å²) in [5.41, 5.74) is 1.36. The molecule has 1 atom stereocenters. The van der Waals surface area contributed by atoms with E-state index in [1.54, 1.807) is 6.26 Å². The van der Waals surface area contributed by atoms with E-state index < -0.39 is 0 Å². The minimum absolute atomic E-state index is 0.464. The van der Waals surface area contributed by atoms with Crippen LogP contribution < -0.4 is 5.32 Å². The molecule has 2 aromatic rings. The Kier molecular flexibility index (Phi) is 4.71. The Morgan fingerprint density at radius 1 is 1.18 bits per heavy atom. The molecular formula is C14H17NOS. The summed E-state index contributed by atoms with van der Waals surface area (Å²) >= 11 is 1.90. The minimum atomic E-state index is 0.464. The molecule has 0 amide bonds. The zero-order valence-corrected chi connectivity index (χ0v) is 10.7. The van der Waals surface area contributed by atoms with Gasteiger partial charge in [0.2, 0.25) is 0 Å². The SMILES string of the molecule is CNCC(SCc1ccco1)c1ccccc1. The molecule has 1 aromatic carbocycles. The van der Waals surface area contributed by atoms with Crippen molar-refractivity contribution in [3.05, 3.63) is 60.1 Å². The summed E-state index contributed by atoms with van der Waals surface area (Å²) in [7, 11) is 1.99. The van der Waals surface area contributed by atoms with Gasteiger partial charge in [0.1, 0.15) is 5.76 Å². The molecule has 0 aliphatic carbocycles. The van der Waals surface area contributed by atoms with Crippen LogP contribution in [0, 0.1) is 0 Å². The molecule has 2 rings (SSSR count). The van der Waals surface area contributed by atoms with Crippen LogP contribution in [0.1, 0.15) is 16.6 Å². The van der Waals surface area contributed by atoms with Gasteiger partial charge in [0.25, 0.3) is 0 Å². The molecule has 0 fully saturated rings. The van der Waals surface area contributed by atoms with Gasteiger partial charge in [0.05, 0.1) is 12.0 Å². The lowest BCUT2D eigenvalue weighted by Gasteiger charge is -2.15. The zero-order chi connectivity index (χ0) is 11.9. The highest BCUT2D eigenvalue weighted by Crippen LogP contribution is 2.30. The maximum atomic E-state index is 5.36. The van der Waals surface area contributed by atoms with Crippen molar-refractivity contribution in [2.75, 3.05) is 13.6 Å². The van der Waals surface area contributed by atoms with Crippen LogP contribution in [0.2, 0.25) is 0 Å². The predicted octanol–water partition coefficient (Wildman–Crippen LogP) is 3.47. The van der Waals surface area contributed by atoms with Gasteiger partial charge in [-0.1, -0.05) is 30.3 Å². The van der Waals surface area contributed by atoms with Gasteiger partial charge >= 0.3 is 0 Å². The van der Waals surface area contributed by atoms with Crippen LogP contribution in [0.4, 0.5) is 0 Å². The Labute approximate surface area is 106 Å². The minimum Gasteiger partial charge on any atom is -0.468 e. The summed E-state index contributed by atoms with van der Waals surface area (Å²) in [5.74, 6) is 1.95. The molecular weight excluding hydrogens is 230 g/mol. The highest BCUT2D eigenvalue weighted by molar-refractivity contribution is 7.98. The molecule has 0 aliphatic rings. The first kappa shape index (κ1) is 12.3. The average Bonchev–Trinajstić information content (AvgIpc) is 2.88. The lowest BCUT2D eigenvalue weighted by atomic mass is 10.1. The standard InChI is InChI=1S/C14H17NOS/c1-15-10-14(12-6-3-2-4-7-12)17-11-13-8-5-9-16-13/h2-9,14-15H,10-11H2,1H3. The fraction of sp³-hybridized carbons (Fsp3) is 0.286. The second kappa shape index (κ2) is 6.52. The number of nitrogens with one attached hydrogen (secondary N) is 1. The Balaban J connectivity index is 1.98. The third kappa shape index (κ3) is 3.65. The molecule has 3 heteroatoms. The largest absolute Gasteiger partial charge is 0.468 e. The Bertz CT molecular complexity index is 413. The average molecular weight is 247 g/mol. The monoisotopic (exact) mass is 247 g/mol. The van der Waals surface area contributed by atoms with Crippen LogP contribution in [-0.2, 0) is 5.75 Å². The Morgan fingerprint density at radius 3 is 2.65 bits per heavy atom. The molecule has 1 unspecified atom stereocenters. The van der Waals surface area contributed by atoms with E-state index in [1.165, 1.54) is 5.56 Å². The van der Waals surface area contributed by atoms with E-state index in [4.69, 9.17) is 4.42 Å². The van der Waals surface area contributed by atoms with Crippen molar-refractivity contribution in [1.82, 2.24) is 5.32 Å². The number of rotatable bonds is 6. The molecule has 1 aromatic heterocycles. The second-order valence-corrected chi connectivity index (χ2v) is 5.04. The fourth-order valence-electron chi connectivity index (χ4n) is 1.70. The number of furan rings is 1. The van der Waals surface area contributed by atoms with Crippen LogP contribution in [0.3, 0.4) is 0 Å². The topological polar surface area (TPSA) is 25.2 Å². The molecule has 0 radical (unpaired) electrons. The molecule has 90 valence electrons. The predicted molar refractivity (Wildman–Crippen MR) is 73.1 cm³/mol.